The Morgan fingerprint density at radius 2 is 1.93 bits per heavy atom. The minimum Gasteiger partial charge on any atom is -0.383 e. The molecule has 8 heteroatoms. The van der Waals surface area contributed by atoms with Crippen molar-refractivity contribution in [2.45, 2.75) is 6.42 Å². The molecule has 0 aromatic carbocycles. The number of thiophene rings is 1. The van der Waals surface area contributed by atoms with Crippen LogP contribution < -0.4 is 10.6 Å². The molecule has 29 heavy (non-hydrogen) atoms. The number of carbonyl (C=O) groups is 2. The molecular formula is C21H25N5O2S. The summed E-state index contributed by atoms with van der Waals surface area (Å²) in [5, 5.41) is 1.92. The summed E-state index contributed by atoms with van der Waals surface area (Å²) in [6.07, 6.45) is 2.39. The van der Waals surface area contributed by atoms with E-state index in [0.29, 0.717) is 30.9 Å². The molecule has 0 spiro atoms. The number of rotatable bonds is 4. The lowest BCUT2D eigenvalue weighted by Crippen LogP contribution is -2.35. The van der Waals surface area contributed by atoms with Crippen molar-refractivity contribution in [3.63, 3.8) is 0 Å². The second-order valence-corrected chi connectivity index (χ2v) is 7.70. The second-order valence-electron chi connectivity index (χ2n) is 6.76. The summed E-state index contributed by atoms with van der Waals surface area (Å²) < 4.78 is 0. The predicted molar refractivity (Wildman–Crippen MR) is 118 cm³/mol. The fraction of sp³-hybridized carbons (Fsp3) is 0.238. The van der Waals surface area contributed by atoms with E-state index in [9.17, 15) is 9.59 Å². The van der Waals surface area contributed by atoms with Crippen LogP contribution in [0, 0.1) is 0 Å². The van der Waals surface area contributed by atoms with Crippen LogP contribution in [0.1, 0.15) is 35.0 Å². The topological polar surface area (TPSA) is 92.4 Å². The maximum Gasteiger partial charge on any atom is 0.263 e. The zero-order chi connectivity index (χ0) is 20.2. The van der Waals surface area contributed by atoms with Crippen LogP contribution in [-0.2, 0) is 0 Å². The molecule has 1 aliphatic heterocycles. The molecule has 1 aliphatic rings. The molecule has 0 saturated carbocycles. The number of nitrogens with two attached hydrogens (primary N) is 1. The van der Waals surface area contributed by atoms with Gasteiger partial charge in [0.2, 0.25) is 5.78 Å². The Hall–Kier alpha value is -3.26. The second kappa shape index (κ2) is 8.40. The van der Waals surface area contributed by atoms with Gasteiger partial charge in [0.25, 0.3) is 5.91 Å². The van der Waals surface area contributed by atoms with Crippen molar-refractivity contribution in [2.24, 2.45) is 0 Å². The van der Waals surface area contributed by atoms with Crippen molar-refractivity contribution >= 4 is 34.7 Å². The third kappa shape index (κ3) is 4.12. The molecule has 4 rings (SSSR count). The Kier molecular flexibility index (Phi) is 5.53. The maximum atomic E-state index is 12.8. The summed E-state index contributed by atoms with van der Waals surface area (Å²) in [5.41, 5.74) is 6.52. The van der Waals surface area contributed by atoms with E-state index in [2.05, 4.69) is 14.9 Å². The number of ketones is 1. The first-order valence-corrected chi connectivity index (χ1v) is 10.3. The molecule has 1 fully saturated rings. The van der Waals surface area contributed by atoms with Gasteiger partial charge in [-0.25, -0.2) is 9.97 Å². The first kappa shape index (κ1) is 19.1. The first-order valence-electron chi connectivity index (χ1n) is 9.43. The van der Waals surface area contributed by atoms with Gasteiger partial charge in [0.05, 0.1) is 10.4 Å². The summed E-state index contributed by atoms with van der Waals surface area (Å²) >= 11 is 1.46. The summed E-state index contributed by atoms with van der Waals surface area (Å²) in [6, 6.07) is 12.5. The van der Waals surface area contributed by atoms with Crippen molar-refractivity contribution in [1.82, 2.24) is 14.9 Å². The van der Waals surface area contributed by atoms with E-state index in [0.717, 1.165) is 23.7 Å². The number of anilines is 2. The van der Waals surface area contributed by atoms with Gasteiger partial charge in [0, 0.05) is 35.2 Å². The zero-order valence-corrected chi connectivity index (χ0v) is 16.6. The fourth-order valence-electron chi connectivity index (χ4n) is 3.38. The standard InChI is InChI=1S/C21H21N5O2S.2H2/c22-20-15(5-2-9-23-20)19(27)16-6-1-8-18(24-16)25-10-4-11-26(13-12-25)21(28)17-7-3-14-29-17;;/h1-3,5-9,14H,4,10-13H2,(H2,22,23);2*1H. The lowest BCUT2D eigenvalue weighted by Gasteiger charge is -2.23. The SMILES string of the molecule is Nc1ncccc1C(=O)c1cccc(N2CCCN(C(=O)c3cccs3)CC2)n1.[HH].[HH]. The minimum absolute atomic E-state index is 0. The Morgan fingerprint density at radius 1 is 1.03 bits per heavy atom. The third-order valence-corrected chi connectivity index (χ3v) is 5.75. The molecule has 7 nitrogen and oxygen atoms in total. The summed E-state index contributed by atoms with van der Waals surface area (Å²) in [5.74, 6) is 0.749. The number of pyridine rings is 2. The highest BCUT2D eigenvalue weighted by molar-refractivity contribution is 7.12. The monoisotopic (exact) mass is 411 g/mol. The Labute approximate surface area is 175 Å². The van der Waals surface area contributed by atoms with Crippen LogP contribution in [0.25, 0.3) is 0 Å². The van der Waals surface area contributed by atoms with Crippen LogP contribution in [0.3, 0.4) is 0 Å². The number of carbonyl (C=O) groups excluding carboxylic acids is 2. The molecule has 4 heterocycles. The van der Waals surface area contributed by atoms with Crippen LogP contribution in [0.15, 0.2) is 54.0 Å². The van der Waals surface area contributed by atoms with Crippen molar-refractivity contribution in [2.75, 3.05) is 36.8 Å². The van der Waals surface area contributed by atoms with Crippen molar-refractivity contribution in [3.05, 3.63) is 70.2 Å². The molecule has 0 bridgehead atoms. The number of aromatic nitrogens is 2. The maximum absolute atomic E-state index is 12.8. The number of amides is 1. The number of hydrogen-bond acceptors (Lipinski definition) is 7. The van der Waals surface area contributed by atoms with E-state index in [-0.39, 0.29) is 20.4 Å². The normalized spacial score (nSPS) is 14.5. The molecule has 0 radical (unpaired) electrons. The number of nitrogen functional groups attached to an aromatic ring is 1. The number of nitrogens with zero attached hydrogens (tertiary/aromatic N) is 4. The third-order valence-electron chi connectivity index (χ3n) is 4.89. The van der Waals surface area contributed by atoms with Crippen molar-refractivity contribution < 1.29 is 12.4 Å². The van der Waals surface area contributed by atoms with Gasteiger partial charge in [-0.15, -0.1) is 11.3 Å². The quantitative estimate of drug-likeness (QED) is 0.663. The summed E-state index contributed by atoms with van der Waals surface area (Å²) in [7, 11) is 0. The Morgan fingerprint density at radius 3 is 2.72 bits per heavy atom. The van der Waals surface area contributed by atoms with Gasteiger partial charge < -0.3 is 15.5 Å². The predicted octanol–water partition coefficient (Wildman–Crippen LogP) is 3.20. The Bertz CT molecular complexity index is 1030. The van der Waals surface area contributed by atoms with E-state index in [4.69, 9.17) is 5.73 Å². The van der Waals surface area contributed by atoms with Crippen LogP contribution >= 0.6 is 11.3 Å². The summed E-state index contributed by atoms with van der Waals surface area (Å²) in [4.78, 5) is 38.7. The van der Waals surface area contributed by atoms with E-state index in [1.165, 1.54) is 11.3 Å². The van der Waals surface area contributed by atoms with Crippen molar-refractivity contribution in [3.8, 4) is 0 Å². The molecule has 3 aromatic rings. The molecule has 3 aromatic heterocycles. The highest BCUT2D eigenvalue weighted by atomic mass is 32.1. The van der Waals surface area contributed by atoms with Crippen LogP contribution in [-0.4, -0.2) is 52.7 Å². The largest absolute Gasteiger partial charge is 0.383 e. The van der Waals surface area contributed by atoms with Gasteiger partial charge in [-0.2, -0.15) is 0 Å². The molecule has 1 amide bonds. The molecule has 0 aliphatic carbocycles. The highest BCUT2D eigenvalue weighted by Crippen LogP contribution is 2.19. The van der Waals surface area contributed by atoms with Gasteiger partial charge >= 0.3 is 0 Å². The van der Waals surface area contributed by atoms with E-state index < -0.39 is 0 Å². The molecule has 152 valence electrons. The Balaban J connectivity index is 0.00000171. The smallest absolute Gasteiger partial charge is 0.263 e. The van der Waals surface area contributed by atoms with Gasteiger partial charge in [0.15, 0.2) is 0 Å². The minimum atomic E-state index is -0.248. The van der Waals surface area contributed by atoms with Gasteiger partial charge in [-0.3, -0.25) is 9.59 Å². The van der Waals surface area contributed by atoms with Gasteiger partial charge in [-0.1, -0.05) is 12.1 Å². The lowest BCUT2D eigenvalue weighted by atomic mass is 10.1. The van der Waals surface area contributed by atoms with Crippen LogP contribution in [0.5, 0.6) is 0 Å². The molecule has 0 atom stereocenters. The molecule has 1 saturated heterocycles. The van der Waals surface area contributed by atoms with Crippen LogP contribution in [0.4, 0.5) is 11.6 Å². The molecule has 0 unspecified atom stereocenters. The van der Waals surface area contributed by atoms with Crippen LogP contribution in [0.2, 0.25) is 0 Å². The lowest BCUT2D eigenvalue weighted by molar-refractivity contribution is 0.0771. The van der Waals surface area contributed by atoms with E-state index in [1.54, 1.807) is 24.4 Å². The fourth-order valence-corrected chi connectivity index (χ4v) is 4.07. The highest BCUT2D eigenvalue weighted by Gasteiger charge is 2.22. The molecule has 2 N–H and O–H groups in total. The van der Waals surface area contributed by atoms with E-state index in [1.807, 2.05) is 34.5 Å². The molecular weight excluding hydrogens is 386 g/mol. The first-order chi connectivity index (χ1) is 14.1. The number of hydrogen-bond donors (Lipinski definition) is 1. The zero-order valence-electron chi connectivity index (χ0n) is 15.8. The van der Waals surface area contributed by atoms with Crippen molar-refractivity contribution in [1.29, 1.82) is 0 Å². The van der Waals surface area contributed by atoms with E-state index >= 15 is 0 Å². The average Bonchev–Trinajstić information content (AvgIpc) is 3.18. The average molecular weight is 412 g/mol. The van der Waals surface area contributed by atoms with Gasteiger partial charge in [-0.05, 0) is 42.1 Å². The summed E-state index contributed by atoms with van der Waals surface area (Å²) in [6.45, 7) is 2.76. The van der Waals surface area contributed by atoms with Gasteiger partial charge in [0.1, 0.15) is 17.3 Å².